The average Bonchev–Trinajstić information content (AvgIpc) is 2.91. The van der Waals surface area contributed by atoms with E-state index >= 15 is 0 Å². The minimum Gasteiger partial charge on any atom is -0.369 e. The van der Waals surface area contributed by atoms with Crippen molar-refractivity contribution in [1.29, 1.82) is 0 Å². The highest BCUT2D eigenvalue weighted by Gasteiger charge is 2.33. The number of hydrogen-bond acceptors (Lipinski definition) is 4. The van der Waals surface area contributed by atoms with Crippen molar-refractivity contribution in [3.63, 3.8) is 0 Å². The summed E-state index contributed by atoms with van der Waals surface area (Å²) in [5.41, 5.74) is 8.04. The summed E-state index contributed by atoms with van der Waals surface area (Å²) in [5, 5.41) is 1.88. The van der Waals surface area contributed by atoms with E-state index in [0.29, 0.717) is 12.2 Å². The molecule has 1 aromatic carbocycles. The molecule has 0 saturated heterocycles. The number of aromatic nitrogens is 1. The summed E-state index contributed by atoms with van der Waals surface area (Å²) in [5.74, 6) is 0. The van der Waals surface area contributed by atoms with Crippen molar-refractivity contribution in [2.45, 2.75) is 19.1 Å². The Bertz CT molecular complexity index is 582. The first-order valence-corrected chi connectivity index (χ1v) is 7.34. The standard InChI is InChI=1S/C14H16F3N3S/c1-20(7-11-8-21-9-19-11)12-3-2-10(4-5-18)13(6-12)14(15,16)17/h2-3,6,8-9H,4-5,7,18H2,1H3. The van der Waals surface area contributed by atoms with Crippen LogP contribution in [0, 0.1) is 0 Å². The van der Waals surface area contributed by atoms with Crippen molar-refractivity contribution < 1.29 is 13.2 Å². The molecule has 0 aliphatic heterocycles. The zero-order valence-corrected chi connectivity index (χ0v) is 12.3. The Kier molecular flexibility index (Phi) is 4.84. The Hall–Kier alpha value is -1.60. The van der Waals surface area contributed by atoms with E-state index in [4.69, 9.17) is 5.73 Å². The number of anilines is 1. The molecule has 114 valence electrons. The number of benzene rings is 1. The molecule has 0 amide bonds. The van der Waals surface area contributed by atoms with Gasteiger partial charge in [-0.3, -0.25) is 0 Å². The van der Waals surface area contributed by atoms with Crippen LogP contribution in [0.1, 0.15) is 16.8 Å². The SMILES string of the molecule is CN(Cc1cscn1)c1ccc(CCN)c(C(F)(F)F)c1. The molecule has 0 aliphatic carbocycles. The van der Waals surface area contributed by atoms with Gasteiger partial charge in [-0.15, -0.1) is 11.3 Å². The molecule has 21 heavy (non-hydrogen) atoms. The highest BCUT2D eigenvalue weighted by Crippen LogP contribution is 2.34. The van der Waals surface area contributed by atoms with Crippen LogP contribution in [-0.2, 0) is 19.1 Å². The van der Waals surface area contributed by atoms with E-state index in [9.17, 15) is 13.2 Å². The van der Waals surface area contributed by atoms with E-state index in [1.165, 1.54) is 23.5 Å². The topological polar surface area (TPSA) is 42.2 Å². The monoisotopic (exact) mass is 315 g/mol. The lowest BCUT2D eigenvalue weighted by Crippen LogP contribution is -2.19. The van der Waals surface area contributed by atoms with Crippen LogP contribution in [0.15, 0.2) is 29.1 Å². The molecular weight excluding hydrogens is 299 g/mol. The normalized spacial score (nSPS) is 11.7. The summed E-state index contributed by atoms with van der Waals surface area (Å²) >= 11 is 1.46. The van der Waals surface area contributed by atoms with E-state index in [-0.39, 0.29) is 18.5 Å². The number of hydrogen-bond donors (Lipinski definition) is 1. The Morgan fingerprint density at radius 2 is 2.10 bits per heavy atom. The van der Waals surface area contributed by atoms with E-state index in [1.54, 1.807) is 23.5 Å². The molecule has 0 bridgehead atoms. The van der Waals surface area contributed by atoms with Gasteiger partial charge in [-0.1, -0.05) is 6.07 Å². The van der Waals surface area contributed by atoms with Gasteiger partial charge in [-0.2, -0.15) is 13.2 Å². The van der Waals surface area contributed by atoms with E-state index in [0.717, 1.165) is 5.69 Å². The van der Waals surface area contributed by atoms with Gasteiger partial charge in [-0.05, 0) is 30.7 Å². The van der Waals surface area contributed by atoms with Gasteiger partial charge in [0.25, 0.3) is 0 Å². The maximum Gasteiger partial charge on any atom is 0.416 e. The number of alkyl halides is 3. The van der Waals surface area contributed by atoms with Gasteiger partial charge >= 0.3 is 6.18 Å². The molecule has 0 unspecified atom stereocenters. The third-order valence-electron chi connectivity index (χ3n) is 3.14. The Balaban J connectivity index is 2.28. The van der Waals surface area contributed by atoms with Crippen LogP contribution in [0.25, 0.3) is 0 Å². The van der Waals surface area contributed by atoms with Gasteiger partial charge in [0.1, 0.15) is 0 Å². The maximum absolute atomic E-state index is 13.1. The number of halogens is 3. The van der Waals surface area contributed by atoms with Crippen molar-refractivity contribution in [1.82, 2.24) is 4.98 Å². The minimum absolute atomic E-state index is 0.192. The first-order chi connectivity index (χ1) is 9.91. The smallest absolute Gasteiger partial charge is 0.369 e. The largest absolute Gasteiger partial charge is 0.416 e. The molecule has 0 atom stereocenters. The number of rotatable bonds is 5. The van der Waals surface area contributed by atoms with Crippen LogP contribution in [0.3, 0.4) is 0 Å². The average molecular weight is 315 g/mol. The molecule has 0 aliphatic rings. The predicted molar refractivity (Wildman–Crippen MR) is 78.4 cm³/mol. The lowest BCUT2D eigenvalue weighted by Gasteiger charge is -2.21. The molecule has 2 N–H and O–H groups in total. The third-order valence-corrected chi connectivity index (χ3v) is 3.77. The summed E-state index contributed by atoms with van der Waals surface area (Å²) in [4.78, 5) is 5.88. The van der Waals surface area contributed by atoms with E-state index < -0.39 is 11.7 Å². The van der Waals surface area contributed by atoms with Gasteiger partial charge in [0.2, 0.25) is 0 Å². The highest BCUT2D eigenvalue weighted by molar-refractivity contribution is 7.07. The Morgan fingerprint density at radius 3 is 2.67 bits per heavy atom. The fraction of sp³-hybridized carbons (Fsp3) is 0.357. The lowest BCUT2D eigenvalue weighted by molar-refractivity contribution is -0.138. The molecule has 0 radical (unpaired) electrons. The maximum atomic E-state index is 13.1. The first kappa shape index (κ1) is 15.8. The van der Waals surface area contributed by atoms with Gasteiger partial charge < -0.3 is 10.6 Å². The molecule has 1 aromatic heterocycles. The molecular formula is C14H16F3N3S. The fourth-order valence-electron chi connectivity index (χ4n) is 2.09. The second-order valence-electron chi connectivity index (χ2n) is 4.71. The van der Waals surface area contributed by atoms with Crippen molar-refractivity contribution in [2.24, 2.45) is 5.73 Å². The van der Waals surface area contributed by atoms with Gasteiger partial charge in [-0.25, -0.2) is 4.98 Å². The van der Waals surface area contributed by atoms with E-state index in [2.05, 4.69) is 4.98 Å². The molecule has 0 spiro atoms. The van der Waals surface area contributed by atoms with Crippen LogP contribution in [0.2, 0.25) is 0 Å². The summed E-state index contributed by atoms with van der Waals surface area (Å²) in [6, 6.07) is 4.37. The van der Waals surface area contributed by atoms with Crippen LogP contribution in [-0.4, -0.2) is 18.6 Å². The van der Waals surface area contributed by atoms with Gasteiger partial charge in [0.05, 0.1) is 23.3 Å². The molecule has 2 aromatic rings. The summed E-state index contributed by atoms with van der Waals surface area (Å²) in [6.07, 6.45) is -4.16. The zero-order chi connectivity index (χ0) is 15.5. The second-order valence-corrected chi connectivity index (χ2v) is 5.43. The molecule has 0 saturated carbocycles. The molecule has 2 rings (SSSR count). The van der Waals surface area contributed by atoms with Crippen LogP contribution >= 0.6 is 11.3 Å². The first-order valence-electron chi connectivity index (χ1n) is 6.40. The number of nitrogens with two attached hydrogens (primary N) is 1. The molecule has 3 nitrogen and oxygen atoms in total. The molecule has 7 heteroatoms. The van der Waals surface area contributed by atoms with Gasteiger partial charge in [0, 0.05) is 18.1 Å². The van der Waals surface area contributed by atoms with Crippen LogP contribution < -0.4 is 10.6 Å². The van der Waals surface area contributed by atoms with Crippen molar-refractivity contribution >= 4 is 17.0 Å². The second kappa shape index (κ2) is 6.44. The van der Waals surface area contributed by atoms with Crippen molar-refractivity contribution in [3.8, 4) is 0 Å². The predicted octanol–water partition coefficient (Wildman–Crippen LogP) is 3.30. The molecule has 1 heterocycles. The minimum atomic E-state index is -4.37. The Labute approximate surface area is 125 Å². The summed E-state index contributed by atoms with van der Waals surface area (Å²) in [7, 11) is 1.75. The lowest BCUT2D eigenvalue weighted by atomic mass is 10.0. The number of thiazole rings is 1. The van der Waals surface area contributed by atoms with E-state index in [1.807, 2.05) is 5.38 Å². The Morgan fingerprint density at radius 1 is 1.33 bits per heavy atom. The molecule has 0 fully saturated rings. The summed E-state index contributed by atoms with van der Waals surface area (Å²) < 4.78 is 39.4. The summed E-state index contributed by atoms with van der Waals surface area (Å²) in [6.45, 7) is 0.661. The van der Waals surface area contributed by atoms with Crippen molar-refractivity contribution in [3.05, 3.63) is 45.9 Å². The van der Waals surface area contributed by atoms with Crippen LogP contribution in [0.4, 0.5) is 18.9 Å². The van der Waals surface area contributed by atoms with Crippen LogP contribution in [0.5, 0.6) is 0 Å². The quantitative estimate of drug-likeness (QED) is 0.920. The third kappa shape index (κ3) is 3.95. The van der Waals surface area contributed by atoms with Gasteiger partial charge in [0.15, 0.2) is 0 Å². The zero-order valence-electron chi connectivity index (χ0n) is 11.5. The fourth-order valence-corrected chi connectivity index (χ4v) is 2.64. The van der Waals surface area contributed by atoms with Crippen molar-refractivity contribution in [2.75, 3.05) is 18.5 Å². The number of nitrogens with zero attached hydrogens (tertiary/aromatic N) is 2. The highest BCUT2D eigenvalue weighted by atomic mass is 32.1.